The SMILES string of the molecule is CO[C@@H]1[C@H](F)[C@H](n2cnc3c(=O)[nH]c(N)nc32)O[C@@H]1COP(=O)(O)OP(=O)(O)OP(=O)(O)O. The van der Waals surface area contributed by atoms with Gasteiger partial charge in [0.1, 0.15) is 12.2 Å². The van der Waals surface area contributed by atoms with E-state index < -0.39 is 60.2 Å². The highest BCUT2D eigenvalue weighted by atomic mass is 31.3. The van der Waals surface area contributed by atoms with Crippen LogP contribution >= 0.6 is 23.5 Å². The van der Waals surface area contributed by atoms with Crippen molar-refractivity contribution in [3.63, 3.8) is 0 Å². The molecule has 0 saturated carbocycles. The van der Waals surface area contributed by atoms with E-state index in [0.717, 1.165) is 18.0 Å². The molecule has 1 saturated heterocycles. The summed E-state index contributed by atoms with van der Waals surface area (Å²) in [6.45, 7) is -0.956. The normalized spacial score (nSPS) is 27.5. The van der Waals surface area contributed by atoms with Crippen molar-refractivity contribution >= 4 is 40.6 Å². The molecule has 3 heterocycles. The highest BCUT2D eigenvalue weighted by molar-refractivity contribution is 7.66. The van der Waals surface area contributed by atoms with Crippen LogP contribution in [0.3, 0.4) is 0 Å². The summed E-state index contributed by atoms with van der Waals surface area (Å²) in [5.74, 6) is -0.282. The minimum atomic E-state index is -5.73. The first kappa shape index (κ1) is 26.0. The molecule has 2 aromatic rings. The average molecular weight is 539 g/mol. The molecule has 22 heteroatoms. The Bertz CT molecular complexity index is 1230. The van der Waals surface area contributed by atoms with Crippen LogP contribution in [0.15, 0.2) is 11.1 Å². The number of fused-ring (bicyclic) bond motifs is 1. The fourth-order valence-electron chi connectivity index (χ4n) is 2.93. The highest BCUT2D eigenvalue weighted by Gasteiger charge is 2.49. The van der Waals surface area contributed by atoms with E-state index in [4.69, 9.17) is 29.9 Å². The molecule has 7 N–H and O–H groups in total. The van der Waals surface area contributed by atoms with E-state index in [2.05, 4.69) is 28.1 Å². The van der Waals surface area contributed by atoms with E-state index in [0.29, 0.717) is 0 Å². The van der Waals surface area contributed by atoms with Crippen LogP contribution in [0.25, 0.3) is 11.2 Å². The number of imidazole rings is 1. The van der Waals surface area contributed by atoms with Crippen LogP contribution in [0.4, 0.5) is 10.3 Å². The zero-order valence-electron chi connectivity index (χ0n) is 16.2. The number of methoxy groups -OCH3 is 1. The summed E-state index contributed by atoms with van der Waals surface area (Å²) in [7, 11) is -15.7. The Hall–Kier alpha value is -1.59. The van der Waals surface area contributed by atoms with E-state index in [9.17, 15) is 23.4 Å². The Labute approximate surface area is 181 Å². The number of ether oxygens (including phenoxy) is 2. The first-order valence-corrected chi connectivity index (χ1v) is 13.0. The van der Waals surface area contributed by atoms with Crippen molar-refractivity contribution in [2.24, 2.45) is 0 Å². The summed E-state index contributed by atoms with van der Waals surface area (Å²) in [4.78, 5) is 57.6. The summed E-state index contributed by atoms with van der Waals surface area (Å²) in [6.07, 6.45) is -5.26. The number of anilines is 1. The number of phosphoric acid groups is 3. The third-order valence-corrected chi connectivity index (χ3v) is 7.88. The quantitative estimate of drug-likeness (QED) is 0.215. The number of alkyl halides is 1. The summed E-state index contributed by atoms with van der Waals surface area (Å²) < 4.78 is 72.1. The van der Waals surface area contributed by atoms with Crippen molar-refractivity contribution in [2.45, 2.75) is 24.6 Å². The van der Waals surface area contributed by atoms with Gasteiger partial charge >= 0.3 is 23.5 Å². The van der Waals surface area contributed by atoms with Gasteiger partial charge in [0.05, 0.1) is 12.9 Å². The molecule has 2 unspecified atom stereocenters. The number of halogens is 1. The van der Waals surface area contributed by atoms with Crippen LogP contribution in [-0.4, -0.2) is 71.2 Å². The summed E-state index contributed by atoms with van der Waals surface area (Å²) in [6, 6.07) is 0. The van der Waals surface area contributed by atoms with Crippen LogP contribution in [0.1, 0.15) is 6.23 Å². The second-order valence-electron chi connectivity index (χ2n) is 6.37. The van der Waals surface area contributed by atoms with Gasteiger partial charge in [0.2, 0.25) is 5.95 Å². The Morgan fingerprint density at radius 2 is 1.91 bits per heavy atom. The van der Waals surface area contributed by atoms with Gasteiger partial charge in [0.15, 0.2) is 23.6 Å². The molecule has 33 heavy (non-hydrogen) atoms. The van der Waals surface area contributed by atoms with Crippen molar-refractivity contribution in [2.75, 3.05) is 19.5 Å². The van der Waals surface area contributed by atoms with Gasteiger partial charge in [0.25, 0.3) is 5.56 Å². The second-order valence-corrected chi connectivity index (χ2v) is 10.8. The van der Waals surface area contributed by atoms with Crippen LogP contribution < -0.4 is 11.3 Å². The molecule has 2 aromatic heterocycles. The molecule has 18 nitrogen and oxygen atoms in total. The fraction of sp³-hybridized carbons (Fsp3) is 0.545. The number of aromatic nitrogens is 4. The summed E-state index contributed by atoms with van der Waals surface area (Å²) in [5.41, 5.74) is 4.48. The van der Waals surface area contributed by atoms with E-state index >= 15 is 4.39 Å². The summed E-state index contributed by atoms with van der Waals surface area (Å²) in [5, 5.41) is 0. The first-order chi connectivity index (χ1) is 15.1. The monoisotopic (exact) mass is 539 g/mol. The van der Waals surface area contributed by atoms with E-state index in [1.807, 2.05) is 0 Å². The Kier molecular flexibility index (Phi) is 7.27. The number of H-pyrrole nitrogens is 1. The lowest BCUT2D eigenvalue weighted by Gasteiger charge is -2.20. The Balaban J connectivity index is 1.76. The molecule has 0 spiro atoms. The van der Waals surface area contributed by atoms with E-state index in [1.165, 1.54) is 0 Å². The van der Waals surface area contributed by atoms with Gasteiger partial charge in [-0.05, 0) is 0 Å². The third-order valence-electron chi connectivity index (χ3n) is 4.08. The number of aromatic amines is 1. The molecule has 0 bridgehead atoms. The number of hydrogen-bond donors (Lipinski definition) is 6. The van der Waals surface area contributed by atoms with Gasteiger partial charge in [-0.2, -0.15) is 13.6 Å². The number of nitrogen functional groups attached to an aromatic ring is 1. The Morgan fingerprint density at radius 1 is 1.24 bits per heavy atom. The maximum Gasteiger partial charge on any atom is 0.490 e. The number of rotatable bonds is 9. The second kappa shape index (κ2) is 9.22. The van der Waals surface area contributed by atoms with Crippen LogP contribution in [0, 0.1) is 0 Å². The topological polar surface area (TPSA) is 268 Å². The number of phosphoric ester groups is 1. The minimum Gasteiger partial charge on any atom is -0.375 e. The first-order valence-electron chi connectivity index (χ1n) is 8.45. The molecule has 0 aliphatic carbocycles. The van der Waals surface area contributed by atoms with Crippen LogP contribution in [0.2, 0.25) is 0 Å². The molecule has 1 aliphatic rings. The molecule has 186 valence electrons. The van der Waals surface area contributed by atoms with Gasteiger partial charge in [-0.3, -0.25) is 18.9 Å². The molecular formula is C11H17FN5O13P3. The van der Waals surface area contributed by atoms with Crippen molar-refractivity contribution in [1.82, 2.24) is 19.5 Å². The average Bonchev–Trinajstić information content (AvgIpc) is 3.17. The maximum atomic E-state index is 15.0. The largest absolute Gasteiger partial charge is 0.490 e. The lowest BCUT2D eigenvalue weighted by Crippen LogP contribution is -2.33. The van der Waals surface area contributed by atoms with Gasteiger partial charge in [-0.15, -0.1) is 0 Å². The van der Waals surface area contributed by atoms with Crippen molar-refractivity contribution in [3.05, 3.63) is 16.7 Å². The highest BCUT2D eigenvalue weighted by Crippen LogP contribution is 2.66. The standard InChI is InChI=1S/C11H17FN5O13P3/c1-26-7-4(2-27-32(22,23)30-33(24,25)29-31(19,20)21)28-10(5(7)12)17-3-14-6-8(17)15-11(13)16-9(6)18/h3-5,7,10H,2H2,1H3,(H,22,23)(H,24,25)(H2,19,20,21)(H3,13,15,16,18)/t4-,5+,7+,10-/m1/s1. The lowest BCUT2D eigenvalue weighted by atomic mass is 10.1. The van der Waals surface area contributed by atoms with Crippen molar-refractivity contribution < 1.29 is 60.3 Å². The zero-order chi connectivity index (χ0) is 24.8. The molecule has 0 aromatic carbocycles. The predicted octanol–water partition coefficient (Wildman–Crippen LogP) is -0.704. The van der Waals surface area contributed by atoms with Crippen LogP contribution in [-0.2, 0) is 36.3 Å². The third kappa shape index (κ3) is 6.10. The van der Waals surface area contributed by atoms with E-state index in [-0.39, 0.29) is 17.1 Å². The van der Waals surface area contributed by atoms with Crippen LogP contribution in [0.5, 0.6) is 0 Å². The summed E-state index contributed by atoms with van der Waals surface area (Å²) >= 11 is 0. The molecule has 3 rings (SSSR count). The van der Waals surface area contributed by atoms with Crippen molar-refractivity contribution in [1.29, 1.82) is 0 Å². The Morgan fingerprint density at radius 3 is 2.52 bits per heavy atom. The van der Waals surface area contributed by atoms with E-state index in [1.54, 1.807) is 0 Å². The molecular weight excluding hydrogens is 522 g/mol. The molecule has 0 amide bonds. The number of hydrogen-bond acceptors (Lipinski definition) is 12. The molecule has 1 fully saturated rings. The van der Waals surface area contributed by atoms with Gasteiger partial charge in [-0.25, -0.2) is 23.1 Å². The predicted molar refractivity (Wildman–Crippen MR) is 102 cm³/mol. The molecule has 6 atom stereocenters. The molecule has 0 radical (unpaired) electrons. The number of nitrogens with two attached hydrogens (primary N) is 1. The zero-order valence-corrected chi connectivity index (χ0v) is 18.9. The van der Waals surface area contributed by atoms with Gasteiger partial charge in [0, 0.05) is 7.11 Å². The lowest BCUT2D eigenvalue weighted by molar-refractivity contribution is -0.0509. The molecule has 1 aliphatic heterocycles. The maximum absolute atomic E-state index is 15.0. The number of nitrogens with zero attached hydrogens (tertiary/aromatic N) is 3. The van der Waals surface area contributed by atoms with Gasteiger partial charge < -0.3 is 34.8 Å². The van der Waals surface area contributed by atoms with Crippen molar-refractivity contribution in [3.8, 4) is 0 Å². The van der Waals surface area contributed by atoms with Gasteiger partial charge in [-0.1, -0.05) is 0 Å². The minimum absolute atomic E-state index is 0.132. The fourth-order valence-corrected chi connectivity index (χ4v) is 5.96. The smallest absolute Gasteiger partial charge is 0.375 e. The number of nitrogens with one attached hydrogen (secondary N) is 1.